The van der Waals surface area contributed by atoms with E-state index in [4.69, 9.17) is 4.74 Å². The highest BCUT2D eigenvalue weighted by Gasteiger charge is 2.32. The molecule has 3 rings (SSSR count). The summed E-state index contributed by atoms with van der Waals surface area (Å²) in [5, 5.41) is 18.1. The first-order chi connectivity index (χ1) is 17.0. The van der Waals surface area contributed by atoms with E-state index >= 15 is 0 Å². The van der Waals surface area contributed by atoms with Crippen molar-refractivity contribution in [2.45, 2.75) is 64.6 Å². The number of carboxylic acid groups (broad SMARTS) is 1. The van der Waals surface area contributed by atoms with E-state index < -0.39 is 30.1 Å². The van der Waals surface area contributed by atoms with Gasteiger partial charge in [-0.25, -0.2) is 9.18 Å². The Hall–Kier alpha value is -3.62. The molecule has 0 spiro atoms. The number of aliphatic carboxylic acids is 1. The minimum Gasteiger partial charge on any atom is -0.481 e. The number of amides is 2. The largest absolute Gasteiger partial charge is 0.481 e. The number of alkyl carbamates (subject to hydrolysis) is 1. The van der Waals surface area contributed by atoms with Crippen molar-refractivity contribution < 1.29 is 28.6 Å². The molecular weight excluding hydrogens is 465 g/mol. The van der Waals surface area contributed by atoms with Crippen LogP contribution in [0.1, 0.15) is 57.1 Å². The van der Waals surface area contributed by atoms with E-state index in [1.807, 2.05) is 51.1 Å². The summed E-state index contributed by atoms with van der Waals surface area (Å²) in [7, 11) is 0. The number of halogens is 1. The van der Waals surface area contributed by atoms with E-state index in [1.165, 1.54) is 12.1 Å². The van der Waals surface area contributed by atoms with Gasteiger partial charge in [-0.05, 0) is 47.6 Å². The number of carboxylic acids is 1. The zero-order chi connectivity index (χ0) is 26.3. The number of hydrogen-bond acceptors (Lipinski definition) is 5. The third kappa shape index (κ3) is 8.25. The molecule has 1 aliphatic rings. The number of ether oxygens (including phenoxy) is 1. The minimum absolute atomic E-state index is 0.0584. The Balaban J connectivity index is 1.67. The van der Waals surface area contributed by atoms with E-state index in [0.717, 1.165) is 16.8 Å². The molecule has 1 heterocycles. The van der Waals surface area contributed by atoms with E-state index in [-0.39, 0.29) is 30.2 Å². The van der Waals surface area contributed by atoms with Crippen molar-refractivity contribution in [1.82, 2.24) is 10.6 Å². The number of fused-ring (bicyclic) bond motifs is 1. The number of hydrogen-bond donors (Lipinski definition) is 4. The van der Waals surface area contributed by atoms with Crippen LogP contribution in [-0.2, 0) is 20.9 Å². The second-order valence-electron chi connectivity index (χ2n) is 10.4. The summed E-state index contributed by atoms with van der Waals surface area (Å²) in [5.74, 6) is -2.08. The Morgan fingerprint density at radius 3 is 2.53 bits per heavy atom. The van der Waals surface area contributed by atoms with Crippen molar-refractivity contribution in [2.24, 2.45) is 5.41 Å². The third-order valence-electron chi connectivity index (χ3n) is 5.97. The number of carbonyl (C=O) groups excluding carboxylic acids is 2. The van der Waals surface area contributed by atoms with Gasteiger partial charge >= 0.3 is 12.1 Å². The van der Waals surface area contributed by atoms with Gasteiger partial charge in [0.15, 0.2) is 0 Å². The first kappa shape index (κ1) is 27.0. The van der Waals surface area contributed by atoms with Crippen molar-refractivity contribution in [3.63, 3.8) is 0 Å². The molecule has 4 N–H and O–H groups in total. The van der Waals surface area contributed by atoms with E-state index in [0.29, 0.717) is 19.4 Å². The third-order valence-corrected chi connectivity index (χ3v) is 5.97. The first-order valence-corrected chi connectivity index (χ1v) is 12.0. The SMILES string of the molecule is CC(C)(C)C[C@H](NC(=O)OCc1ccccc1)C(=O)N[C@H](CC(=O)O)CC1CNc2ccc(F)cc21. The highest BCUT2D eigenvalue weighted by atomic mass is 19.1. The van der Waals surface area contributed by atoms with Crippen LogP contribution in [0.3, 0.4) is 0 Å². The topological polar surface area (TPSA) is 117 Å². The Kier molecular flexibility index (Phi) is 8.90. The molecule has 9 heteroatoms. The Morgan fingerprint density at radius 1 is 1.14 bits per heavy atom. The zero-order valence-electron chi connectivity index (χ0n) is 20.8. The predicted octanol–water partition coefficient (Wildman–Crippen LogP) is 4.42. The first-order valence-electron chi connectivity index (χ1n) is 12.0. The highest BCUT2D eigenvalue weighted by Crippen LogP contribution is 2.35. The minimum atomic E-state index is -1.06. The van der Waals surface area contributed by atoms with Gasteiger partial charge in [0.05, 0.1) is 6.42 Å². The number of nitrogens with one attached hydrogen (secondary N) is 3. The standard InChI is InChI=1S/C27H34FN3O5/c1-27(2,3)14-23(31-26(35)36-16-17-7-5-4-6-8-17)25(34)30-20(13-24(32)33)11-18-15-29-22-10-9-19(28)12-21(18)22/h4-10,12,18,20,23,29H,11,13-16H2,1-3H3,(H,30,34)(H,31,35)(H,32,33)/t18?,20-,23-/m0/s1. The second kappa shape index (κ2) is 11.9. The van der Waals surface area contributed by atoms with E-state index in [2.05, 4.69) is 16.0 Å². The smallest absolute Gasteiger partial charge is 0.408 e. The van der Waals surface area contributed by atoms with Gasteiger partial charge in [-0.2, -0.15) is 0 Å². The molecule has 0 aliphatic carbocycles. The van der Waals surface area contributed by atoms with Crippen LogP contribution < -0.4 is 16.0 Å². The lowest BCUT2D eigenvalue weighted by atomic mass is 9.87. The van der Waals surface area contributed by atoms with Crippen LogP contribution >= 0.6 is 0 Å². The summed E-state index contributed by atoms with van der Waals surface area (Å²) in [6.07, 6.45) is -0.407. The molecule has 1 unspecified atom stereocenters. The fourth-order valence-corrected chi connectivity index (χ4v) is 4.36. The van der Waals surface area contributed by atoms with Crippen molar-refractivity contribution in [2.75, 3.05) is 11.9 Å². The summed E-state index contributed by atoms with van der Waals surface area (Å²) < 4.78 is 19.1. The summed E-state index contributed by atoms with van der Waals surface area (Å²) in [5.41, 5.74) is 2.07. The molecule has 8 nitrogen and oxygen atoms in total. The van der Waals surface area contributed by atoms with Crippen molar-refractivity contribution >= 4 is 23.7 Å². The average Bonchev–Trinajstić information content (AvgIpc) is 3.18. The number of carbonyl (C=O) groups is 3. The van der Waals surface area contributed by atoms with Crippen LogP contribution in [0.2, 0.25) is 0 Å². The van der Waals surface area contributed by atoms with Crippen molar-refractivity contribution in [3.8, 4) is 0 Å². The van der Waals surface area contributed by atoms with Gasteiger partial charge in [0.2, 0.25) is 5.91 Å². The van der Waals surface area contributed by atoms with Gasteiger partial charge in [-0.1, -0.05) is 51.1 Å². The van der Waals surface area contributed by atoms with Crippen LogP contribution in [-0.4, -0.2) is 41.7 Å². The van der Waals surface area contributed by atoms with Gasteiger partial charge in [0.1, 0.15) is 18.5 Å². The fourth-order valence-electron chi connectivity index (χ4n) is 4.36. The average molecular weight is 500 g/mol. The summed E-state index contributed by atoms with van der Waals surface area (Å²) in [4.78, 5) is 37.3. The highest BCUT2D eigenvalue weighted by molar-refractivity contribution is 5.86. The molecular formula is C27H34FN3O5. The molecule has 0 bridgehead atoms. The quantitative estimate of drug-likeness (QED) is 0.385. The maximum absolute atomic E-state index is 13.8. The molecule has 2 aromatic rings. The van der Waals surface area contributed by atoms with E-state index in [9.17, 15) is 23.9 Å². The van der Waals surface area contributed by atoms with Gasteiger partial charge in [0, 0.05) is 24.2 Å². The zero-order valence-corrected chi connectivity index (χ0v) is 20.8. The Bertz CT molecular complexity index is 1070. The number of anilines is 1. The molecule has 1 aliphatic heterocycles. The van der Waals surface area contributed by atoms with Crippen LogP contribution in [0.25, 0.3) is 0 Å². The maximum atomic E-state index is 13.8. The lowest BCUT2D eigenvalue weighted by Gasteiger charge is -2.28. The Labute approximate surface area is 210 Å². The molecule has 2 aromatic carbocycles. The molecule has 0 saturated carbocycles. The normalized spacial score (nSPS) is 16.3. The Morgan fingerprint density at radius 2 is 1.86 bits per heavy atom. The molecule has 36 heavy (non-hydrogen) atoms. The van der Waals surface area contributed by atoms with Gasteiger partial charge in [0.25, 0.3) is 0 Å². The lowest BCUT2D eigenvalue weighted by molar-refractivity contribution is -0.137. The monoisotopic (exact) mass is 499 g/mol. The predicted molar refractivity (Wildman–Crippen MR) is 134 cm³/mol. The maximum Gasteiger partial charge on any atom is 0.408 e. The summed E-state index contributed by atoms with van der Waals surface area (Å²) in [6, 6.07) is 12.0. The van der Waals surface area contributed by atoms with Crippen molar-refractivity contribution in [3.05, 3.63) is 65.5 Å². The second-order valence-corrected chi connectivity index (χ2v) is 10.4. The molecule has 3 atom stereocenters. The van der Waals surface area contributed by atoms with E-state index in [1.54, 1.807) is 6.07 Å². The molecule has 0 fully saturated rings. The molecule has 194 valence electrons. The van der Waals surface area contributed by atoms with Crippen LogP contribution in [0.5, 0.6) is 0 Å². The molecule has 0 saturated heterocycles. The van der Waals surface area contributed by atoms with Crippen LogP contribution in [0, 0.1) is 11.2 Å². The van der Waals surface area contributed by atoms with Gasteiger partial charge < -0.3 is 25.8 Å². The number of rotatable bonds is 10. The van der Waals surface area contributed by atoms with Gasteiger partial charge in [-0.15, -0.1) is 0 Å². The lowest BCUT2D eigenvalue weighted by Crippen LogP contribution is -2.51. The van der Waals surface area contributed by atoms with Crippen LogP contribution in [0.15, 0.2) is 48.5 Å². The summed E-state index contributed by atoms with van der Waals surface area (Å²) in [6.45, 7) is 6.39. The molecule has 2 amide bonds. The summed E-state index contributed by atoms with van der Waals surface area (Å²) >= 11 is 0. The molecule has 0 radical (unpaired) electrons. The number of benzene rings is 2. The fraction of sp³-hybridized carbons (Fsp3) is 0.444. The van der Waals surface area contributed by atoms with Gasteiger partial charge in [-0.3, -0.25) is 9.59 Å². The van der Waals surface area contributed by atoms with Crippen LogP contribution in [0.4, 0.5) is 14.9 Å². The van der Waals surface area contributed by atoms with Crippen molar-refractivity contribution in [1.29, 1.82) is 0 Å². The molecule has 0 aromatic heterocycles.